The highest BCUT2D eigenvalue weighted by Crippen LogP contribution is 2.44. The van der Waals surface area contributed by atoms with E-state index >= 15 is 0 Å². The highest BCUT2D eigenvalue weighted by atomic mass is 16.5. The molecule has 6 rings (SSSR count). The summed E-state index contributed by atoms with van der Waals surface area (Å²) in [4.78, 5) is 24.0. The van der Waals surface area contributed by atoms with Crippen molar-refractivity contribution in [3.63, 3.8) is 0 Å². The van der Waals surface area contributed by atoms with Gasteiger partial charge in [-0.1, -0.05) is 31.2 Å². The number of hydrogen-bond acceptors (Lipinski definition) is 10. The summed E-state index contributed by atoms with van der Waals surface area (Å²) in [6, 6.07) is 6.89. The smallest absolute Gasteiger partial charge is 0.256 e. The van der Waals surface area contributed by atoms with Gasteiger partial charge in [0.25, 0.3) is 5.91 Å². The molecule has 2 unspecified atom stereocenters. The zero-order valence-corrected chi connectivity index (χ0v) is 28.5. The molecule has 1 amide bonds. The number of hydrogen-bond donors (Lipinski definition) is 2. The molecule has 4 heterocycles. The molecule has 0 aliphatic carbocycles. The highest BCUT2D eigenvalue weighted by Gasteiger charge is 2.44. The summed E-state index contributed by atoms with van der Waals surface area (Å²) in [7, 11) is 3.16. The summed E-state index contributed by atoms with van der Waals surface area (Å²) in [6.07, 6.45) is 4.80. The molecule has 0 saturated carbocycles. The quantitative estimate of drug-likeness (QED) is 0.229. The summed E-state index contributed by atoms with van der Waals surface area (Å²) in [5.41, 5.74) is 4.54. The van der Waals surface area contributed by atoms with Crippen LogP contribution in [0.1, 0.15) is 74.5 Å². The van der Waals surface area contributed by atoms with Crippen LogP contribution in [0, 0.1) is 0 Å². The van der Waals surface area contributed by atoms with Crippen molar-refractivity contribution < 1.29 is 34.0 Å². The van der Waals surface area contributed by atoms with Gasteiger partial charge in [-0.25, -0.2) is 0 Å². The predicted molar refractivity (Wildman–Crippen MR) is 185 cm³/mol. The average molecular weight is 661 g/mol. The van der Waals surface area contributed by atoms with Crippen molar-refractivity contribution in [3.8, 4) is 23.0 Å². The van der Waals surface area contributed by atoms with Crippen LogP contribution in [0.3, 0.4) is 0 Å². The number of benzene rings is 2. The second-order valence-corrected chi connectivity index (χ2v) is 13.2. The van der Waals surface area contributed by atoms with E-state index in [0.717, 1.165) is 43.3 Å². The van der Waals surface area contributed by atoms with Crippen molar-refractivity contribution >= 4 is 23.5 Å². The molecule has 11 heteroatoms. The number of methoxy groups -OCH3 is 2. The molecule has 2 aromatic carbocycles. The van der Waals surface area contributed by atoms with Gasteiger partial charge in [0.15, 0.2) is 23.0 Å². The molecule has 0 bridgehead atoms. The van der Waals surface area contributed by atoms with Gasteiger partial charge >= 0.3 is 0 Å². The Morgan fingerprint density at radius 3 is 2.27 bits per heavy atom. The van der Waals surface area contributed by atoms with Gasteiger partial charge < -0.3 is 39.0 Å². The fourth-order valence-corrected chi connectivity index (χ4v) is 7.21. The Morgan fingerprint density at radius 1 is 0.917 bits per heavy atom. The number of anilines is 1. The topological polar surface area (TPSA) is 117 Å². The molecule has 4 aliphatic rings. The van der Waals surface area contributed by atoms with Gasteiger partial charge in [-0.3, -0.25) is 14.7 Å². The van der Waals surface area contributed by atoms with Gasteiger partial charge in [-0.15, -0.1) is 0 Å². The Kier molecular flexibility index (Phi) is 10.0. The molecule has 2 N–H and O–H groups in total. The summed E-state index contributed by atoms with van der Waals surface area (Å²) in [5.74, 6) is 2.02. The summed E-state index contributed by atoms with van der Waals surface area (Å²) >= 11 is 0. The van der Waals surface area contributed by atoms with Crippen molar-refractivity contribution in [1.29, 1.82) is 0 Å². The molecule has 2 aromatic rings. The number of carbonyl (C=O) groups excluding carboxylic acids is 1. The molecule has 2 saturated heterocycles. The lowest BCUT2D eigenvalue weighted by Gasteiger charge is -2.38. The molecular weight excluding hydrogens is 612 g/mol. The number of amides is 1. The molecular formula is C37H48N4O7. The second-order valence-electron chi connectivity index (χ2n) is 13.2. The summed E-state index contributed by atoms with van der Waals surface area (Å²) in [6.45, 7) is 14.3. The van der Waals surface area contributed by atoms with Crippen LogP contribution in [-0.2, 0) is 0 Å². The van der Waals surface area contributed by atoms with Crippen molar-refractivity contribution in [3.05, 3.63) is 59.7 Å². The number of fused-ring (bicyclic) bond motifs is 4. The van der Waals surface area contributed by atoms with Crippen LogP contribution in [0.4, 0.5) is 11.4 Å². The van der Waals surface area contributed by atoms with Crippen LogP contribution < -0.4 is 23.8 Å². The Balaban J connectivity index is 1.07. The van der Waals surface area contributed by atoms with E-state index < -0.39 is 12.5 Å². The molecule has 48 heavy (non-hydrogen) atoms. The molecule has 11 nitrogen and oxygen atoms in total. The van der Waals surface area contributed by atoms with Crippen molar-refractivity contribution in [2.45, 2.75) is 83.0 Å². The maximum absolute atomic E-state index is 13.7. The van der Waals surface area contributed by atoms with E-state index in [0.29, 0.717) is 78.2 Å². The number of rotatable bonds is 12. The number of aliphatic hydroxyl groups is 2. The molecule has 0 aromatic heterocycles. The lowest BCUT2D eigenvalue weighted by Crippen LogP contribution is -2.51. The summed E-state index contributed by atoms with van der Waals surface area (Å²) in [5, 5.41) is 22.6. The van der Waals surface area contributed by atoms with Gasteiger partial charge in [-0.2, -0.15) is 0 Å². The minimum atomic E-state index is -0.862. The number of nitrogens with zero attached hydrogens (tertiary/aromatic N) is 4. The van der Waals surface area contributed by atoms with Gasteiger partial charge in [0.2, 0.25) is 0 Å². The highest BCUT2D eigenvalue weighted by molar-refractivity contribution is 6.02. The number of ether oxygens (including phenoxy) is 4. The monoisotopic (exact) mass is 660 g/mol. The fourth-order valence-electron chi connectivity index (χ4n) is 7.21. The minimum absolute atomic E-state index is 0.00502. The molecule has 0 radical (unpaired) electrons. The first kappa shape index (κ1) is 33.8. The third kappa shape index (κ3) is 6.38. The predicted octanol–water partition coefficient (Wildman–Crippen LogP) is 5.38. The molecule has 0 spiro atoms. The van der Waals surface area contributed by atoms with Crippen LogP contribution in [0.2, 0.25) is 0 Å². The Morgan fingerprint density at radius 2 is 1.58 bits per heavy atom. The van der Waals surface area contributed by atoms with Crippen LogP contribution in [0.5, 0.6) is 23.0 Å². The van der Waals surface area contributed by atoms with Crippen molar-refractivity contribution in [2.24, 2.45) is 4.99 Å². The zero-order valence-electron chi connectivity index (χ0n) is 28.5. The third-order valence-corrected chi connectivity index (χ3v) is 9.96. The van der Waals surface area contributed by atoms with Crippen molar-refractivity contribution in [2.75, 3.05) is 45.4 Å². The van der Waals surface area contributed by atoms with Crippen LogP contribution >= 0.6 is 0 Å². The lowest BCUT2D eigenvalue weighted by molar-refractivity contribution is 0.0112. The minimum Gasteiger partial charge on any atom is -0.493 e. The average Bonchev–Trinajstić information content (AvgIpc) is 3.62. The Labute approximate surface area is 283 Å². The number of carbonyl (C=O) groups is 1. The van der Waals surface area contributed by atoms with Crippen LogP contribution in [0.25, 0.3) is 0 Å². The molecule has 2 fully saturated rings. The summed E-state index contributed by atoms with van der Waals surface area (Å²) < 4.78 is 23.6. The number of aliphatic hydroxyl groups excluding tert-OH is 2. The van der Waals surface area contributed by atoms with E-state index in [-0.39, 0.29) is 24.0 Å². The van der Waals surface area contributed by atoms with E-state index in [9.17, 15) is 15.0 Å². The SMILES string of the molecule is C=C1C[C@H]2[C@H](O)N(C(C)CC)c3cc(OCCCCCOc4cc5c(cc4OC)C(O)N4CC(=C)C[C@H]4C=N5)c(OC)cc3C(=O)N2C1. The van der Waals surface area contributed by atoms with Crippen LogP contribution in [0.15, 0.2) is 53.6 Å². The lowest BCUT2D eigenvalue weighted by atomic mass is 10.1. The third-order valence-electron chi connectivity index (χ3n) is 9.96. The van der Waals surface area contributed by atoms with E-state index in [2.05, 4.69) is 32.0 Å². The first-order valence-electron chi connectivity index (χ1n) is 16.9. The maximum Gasteiger partial charge on any atom is 0.256 e. The van der Waals surface area contributed by atoms with Gasteiger partial charge in [0.05, 0.1) is 56.5 Å². The second kappa shape index (κ2) is 14.2. The largest absolute Gasteiger partial charge is 0.493 e. The molecule has 5 atom stereocenters. The Bertz CT molecular complexity index is 1590. The normalized spacial score (nSPS) is 24.0. The zero-order chi connectivity index (χ0) is 34.1. The standard InChI is InChI=1S/C37H48N4O7/c1-7-24(4)41-29-18-34(32(46-6)16-27(29)36(43)40-21-23(3)14-30(40)37(41)44)48-12-10-8-9-11-47-33-17-28-26(15-31(33)45-5)35(42)39-20-22(2)13-25(39)19-38-28/h15-19,24-25,30,35,37,42,44H,2-3,7-14,20-21H2,1,4-6H3/t24?,25-,30-,35?,37-/m0/s1. The fraction of sp³-hybridized carbons (Fsp3) is 0.514. The molecule has 4 aliphatic heterocycles. The van der Waals surface area contributed by atoms with E-state index in [1.807, 2.05) is 34.2 Å². The van der Waals surface area contributed by atoms with Gasteiger partial charge in [0, 0.05) is 43.0 Å². The van der Waals surface area contributed by atoms with Crippen molar-refractivity contribution in [1.82, 2.24) is 9.80 Å². The number of aliphatic imine (C=N–C) groups is 1. The van der Waals surface area contributed by atoms with E-state index in [4.69, 9.17) is 18.9 Å². The van der Waals surface area contributed by atoms with Gasteiger partial charge in [-0.05, 0) is 57.6 Å². The van der Waals surface area contributed by atoms with E-state index in [1.54, 1.807) is 25.2 Å². The Hall–Kier alpha value is -4.06. The number of unbranched alkanes of at least 4 members (excludes halogenated alkanes) is 2. The molecule has 258 valence electrons. The van der Waals surface area contributed by atoms with Gasteiger partial charge in [0.1, 0.15) is 12.5 Å². The maximum atomic E-state index is 13.7. The van der Waals surface area contributed by atoms with E-state index in [1.165, 1.54) is 0 Å². The first-order chi connectivity index (χ1) is 23.1. The first-order valence-corrected chi connectivity index (χ1v) is 16.9. The van der Waals surface area contributed by atoms with Crippen LogP contribution in [-0.4, -0.2) is 97.0 Å².